The molecule has 0 spiro atoms. The van der Waals surface area contributed by atoms with E-state index in [1.807, 2.05) is 6.92 Å². The van der Waals surface area contributed by atoms with Crippen LogP contribution < -0.4 is 113 Å². The average molecular weight is 405 g/mol. The van der Waals surface area contributed by atoms with Crippen molar-refractivity contribution in [1.82, 2.24) is 0 Å². The van der Waals surface area contributed by atoms with Crippen molar-refractivity contribution >= 4 is 11.9 Å². The summed E-state index contributed by atoms with van der Waals surface area (Å²) >= 11 is 0. The summed E-state index contributed by atoms with van der Waals surface area (Å²) in [6.07, 6.45) is 10.1. The first-order valence-corrected chi connectivity index (χ1v) is 9.40. The number of hydrogen-bond donors (Lipinski definition) is 0. The molecule has 6 heteroatoms. The second kappa shape index (κ2) is 19.5. The molecule has 0 aliphatic rings. The molecule has 1 atom stereocenters. The molecule has 136 valence electrons. The molecule has 0 saturated heterocycles. The minimum absolute atomic E-state index is 0. The number of unbranched alkanes of at least 4 members (excludes halogenated alkanes) is 7. The summed E-state index contributed by atoms with van der Waals surface area (Å²) in [4.78, 5) is 23.5. The maximum Gasteiger partial charge on any atom is 1.00 e. The van der Waals surface area contributed by atoms with E-state index in [1.54, 1.807) is 0 Å². The summed E-state index contributed by atoms with van der Waals surface area (Å²) in [6, 6.07) is 0. The van der Waals surface area contributed by atoms with Crippen molar-refractivity contribution < 1.29 is 123 Å². The van der Waals surface area contributed by atoms with E-state index in [9.17, 15) is 19.8 Å². The number of carbonyl (C=O) groups is 2. The molecule has 0 aliphatic heterocycles. The summed E-state index contributed by atoms with van der Waals surface area (Å²) in [5.74, 6) is -3.33. The van der Waals surface area contributed by atoms with Gasteiger partial charge < -0.3 is 19.8 Å². The van der Waals surface area contributed by atoms with Crippen LogP contribution in [0.25, 0.3) is 0 Å². The van der Waals surface area contributed by atoms with Crippen LogP contribution in [0, 0.1) is 11.3 Å². The zero-order chi connectivity index (χ0) is 17.7. The van der Waals surface area contributed by atoms with Crippen molar-refractivity contribution in [1.29, 1.82) is 0 Å². The molecule has 0 saturated carbocycles. The van der Waals surface area contributed by atoms with Gasteiger partial charge >= 0.3 is 103 Å². The van der Waals surface area contributed by atoms with Gasteiger partial charge in [-0.15, -0.1) is 0 Å². The van der Waals surface area contributed by atoms with Gasteiger partial charge in [0, 0.05) is 0 Å². The molecule has 0 aliphatic carbocycles. The minimum atomic E-state index is -1.83. The fraction of sp³-hybridized carbons (Fsp3) is 0.895. The van der Waals surface area contributed by atoms with Crippen LogP contribution in [0.15, 0.2) is 0 Å². The Labute approximate surface area is 239 Å². The van der Waals surface area contributed by atoms with Gasteiger partial charge in [-0.3, -0.25) is 0 Å². The normalized spacial score (nSPS) is 12.0. The molecule has 1 unspecified atom stereocenters. The van der Waals surface area contributed by atoms with Gasteiger partial charge in [-0.2, -0.15) is 0 Å². The first-order valence-electron chi connectivity index (χ1n) is 9.40. The molecule has 0 amide bonds. The summed E-state index contributed by atoms with van der Waals surface area (Å²) in [6.45, 7) is 6.07. The Bertz CT molecular complexity index is 334. The Morgan fingerprint density at radius 2 is 1.20 bits per heavy atom. The van der Waals surface area contributed by atoms with Gasteiger partial charge in [-0.05, 0) is 18.8 Å². The minimum Gasteiger partial charge on any atom is -0.549 e. The van der Waals surface area contributed by atoms with Crippen LogP contribution in [0.5, 0.6) is 0 Å². The predicted molar refractivity (Wildman–Crippen MR) is 88.4 cm³/mol. The van der Waals surface area contributed by atoms with Crippen molar-refractivity contribution in [3.63, 3.8) is 0 Å². The standard InChI is InChI=1S/C19H36O4.2K/c1-4-7-9-10-11-13-15-19(17(20)21,18(22)23)16(6-3)14-12-8-5-2;;/h16H,4-15H2,1-3H3,(H,20,21)(H,22,23);;/q;2*+1/p-2. The molecule has 0 bridgehead atoms. The van der Waals surface area contributed by atoms with Gasteiger partial charge in [0.05, 0.1) is 17.4 Å². The Morgan fingerprint density at radius 1 is 0.760 bits per heavy atom. The molecule has 4 nitrogen and oxygen atoms in total. The zero-order valence-corrected chi connectivity index (χ0v) is 23.4. The fourth-order valence-corrected chi connectivity index (χ4v) is 3.45. The van der Waals surface area contributed by atoms with Gasteiger partial charge in [0.15, 0.2) is 0 Å². The van der Waals surface area contributed by atoms with Gasteiger partial charge in [-0.25, -0.2) is 0 Å². The van der Waals surface area contributed by atoms with E-state index in [2.05, 4.69) is 13.8 Å². The third-order valence-electron chi connectivity index (χ3n) is 5.00. The Balaban J connectivity index is -0.00000242. The van der Waals surface area contributed by atoms with Crippen LogP contribution in [-0.4, -0.2) is 11.9 Å². The maximum atomic E-state index is 11.7. The van der Waals surface area contributed by atoms with Gasteiger partial charge in [-0.1, -0.05) is 85.0 Å². The number of aliphatic carboxylic acids is 2. The van der Waals surface area contributed by atoms with E-state index >= 15 is 0 Å². The molecule has 0 fully saturated rings. The van der Waals surface area contributed by atoms with E-state index < -0.39 is 23.3 Å². The van der Waals surface area contributed by atoms with E-state index in [-0.39, 0.29) is 109 Å². The van der Waals surface area contributed by atoms with Gasteiger partial charge in [0.25, 0.3) is 0 Å². The largest absolute Gasteiger partial charge is 1.00 e. The van der Waals surface area contributed by atoms with Gasteiger partial charge in [0.2, 0.25) is 0 Å². The van der Waals surface area contributed by atoms with E-state index in [0.29, 0.717) is 19.3 Å². The third kappa shape index (κ3) is 11.7. The molecule has 0 heterocycles. The zero-order valence-electron chi connectivity index (χ0n) is 17.2. The quantitative estimate of drug-likeness (QED) is 0.164. The van der Waals surface area contributed by atoms with Crippen LogP contribution in [0.4, 0.5) is 0 Å². The first kappa shape index (κ1) is 31.9. The molecule has 0 aromatic carbocycles. The van der Waals surface area contributed by atoms with Gasteiger partial charge in [0.1, 0.15) is 0 Å². The topological polar surface area (TPSA) is 80.3 Å². The van der Waals surface area contributed by atoms with Crippen molar-refractivity contribution in [2.24, 2.45) is 11.3 Å². The Hall–Kier alpha value is 2.21. The number of carboxylic acid groups (broad SMARTS) is 2. The van der Waals surface area contributed by atoms with E-state index in [1.165, 1.54) is 6.42 Å². The molecular formula is C19H34K2O4. The number of hydrogen-bond acceptors (Lipinski definition) is 4. The summed E-state index contributed by atoms with van der Waals surface area (Å²) in [7, 11) is 0. The van der Waals surface area contributed by atoms with Crippen LogP contribution in [-0.2, 0) is 9.59 Å². The van der Waals surface area contributed by atoms with Crippen LogP contribution >= 0.6 is 0 Å². The molecule has 0 radical (unpaired) electrons. The van der Waals surface area contributed by atoms with Crippen LogP contribution in [0.3, 0.4) is 0 Å². The Kier molecular flexibility index (Phi) is 24.9. The van der Waals surface area contributed by atoms with Crippen LogP contribution in [0.1, 0.15) is 97.8 Å². The number of carbonyl (C=O) groups excluding carboxylic acids is 2. The monoisotopic (exact) mass is 404 g/mol. The maximum absolute atomic E-state index is 11.7. The smallest absolute Gasteiger partial charge is 0.549 e. The van der Waals surface area contributed by atoms with Crippen molar-refractivity contribution in [2.75, 3.05) is 0 Å². The third-order valence-corrected chi connectivity index (χ3v) is 5.00. The molecule has 0 aromatic heterocycles. The molecule has 0 rings (SSSR count). The first-order chi connectivity index (χ1) is 11.0. The molecule has 0 N–H and O–H groups in total. The Morgan fingerprint density at radius 3 is 1.64 bits per heavy atom. The molecular weight excluding hydrogens is 370 g/mol. The van der Waals surface area contributed by atoms with Crippen molar-refractivity contribution in [2.45, 2.75) is 97.8 Å². The SMILES string of the molecule is CCCCCCCCC(C(=O)[O-])(C(=O)[O-])C(CC)CCCCC.[K+].[K+]. The number of carboxylic acids is 2. The molecule has 25 heavy (non-hydrogen) atoms. The summed E-state index contributed by atoms with van der Waals surface area (Å²) < 4.78 is 0. The predicted octanol–water partition coefficient (Wildman–Crippen LogP) is -3.16. The summed E-state index contributed by atoms with van der Waals surface area (Å²) in [5.41, 5.74) is -1.83. The summed E-state index contributed by atoms with van der Waals surface area (Å²) in [5, 5.41) is 23.5. The second-order valence-corrected chi connectivity index (χ2v) is 6.66. The average Bonchev–Trinajstić information content (AvgIpc) is 2.51. The van der Waals surface area contributed by atoms with E-state index in [0.717, 1.165) is 44.9 Å². The van der Waals surface area contributed by atoms with Crippen molar-refractivity contribution in [3.8, 4) is 0 Å². The van der Waals surface area contributed by atoms with E-state index in [4.69, 9.17) is 0 Å². The molecule has 0 aromatic rings. The van der Waals surface area contributed by atoms with Crippen molar-refractivity contribution in [3.05, 3.63) is 0 Å². The number of rotatable bonds is 15. The fourth-order valence-electron chi connectivity index (χ4n) is 3.45. The van der Waals surface area contributed by atoms with Crippen LogP contribution in [0.2, 0.25) is 0 Å². The second-order valence-electron chi connectivity index (χ2n) is 6.66.